The lowest BCUT2D eigenvalue weighted by molar-refractivity contribution is 0.0996. The van der Waals surface area contributed by atoms with Gasteiger partial charge in [0.05, 0.1) is 17.0 Å². The quantitative estimate of drug-likeness (QED) is 0.841. The Labute approximate surface area is 131 Å². The Kier molecular flexibility index (Phi) is 4.81. The van der Waals surface area contributed by atoms with Crippen LogP contribution in [-0.2, 0) is 0 Å². The van der Waals surface area contributed by atoms with E-state index in [0.29, 0.717) is 16.4 Å². The number of carbonyl (C=O) groups excluding carboxylic acids is 1. The first-order chi connectivity index (χ1) is 10.6. The van der Waals surface area contributed by atoms with E-state index in [1.807, 2.05) is 0 Å². The first-order valence-electron chi connectivity index (χ1n) is 6.05. The highest BCUT2D eigenvalue weighted by Gasteiger charge is 2.11. The summed E-state index contributed by atoms with van der Waals surface area (Å²) in [5, 5.41) is 23.1. The van der Waals surface area contributed by atoms with E-state index >= 15 is 0 Å². The second-order valence-electron chi connectivity index (χ2n) is 4.05. The van der Waals surface area contributed by atoms with Crippen molar-refractivity contribution in [2.24, 2.45) is 0 Å². The largest absolute Gasteiger partial charge is 0.459 e. The Morgan fingerprint density at radius 1 is 1.27 bits per heavy atom. The third kappa shape index (κ3) is 3.66. The van der Waals surface area contributed by atoms with Crippen molar-refractivity contribution in [1.29, 1.82) is 10.5 Å². The normalized spacial score (nSPS) is 9.23. The van der Waals surface area contributed by atoms with Crippen LogP contribution in [0.15, 0.2) is 52.8 Å². The standard InChI is InChI=1S/C15H9ClN4O2/c16-12-4-3-11(19-9-10(7-17)8-18)6-13(12)20-15(21)14-2-1-5-22-14/h1-6,9,19H,(H,20,21). The highest BCUT2D eigenvalue weighted by Crippen LogP contribution is 2.26. The number of nitrogens with one attached hydrogen (secondary N) is 2. The molecule has 7 heteroatoms. The van der Waals surface area contributed by atoms with Gasteiger partial charge in [0.15, 0.2) is 5.76 Å². The van der Waals surface area contributed by atoms with Gasteiger partial charge in [0.25, 0.3) is 5.91 Å². The predicted molar refractivity (Wildman–Crippen MR) is 81.0 cm³/mol. The molecule has 6 nitrogen and oxygen atoms in total. The van der Waals surface area contributed by atoms with Gasteiger partial charge in [0.1, 0.15) is 17.7 Å². The van der Waals surface area contributed by atoms with E-state index in [4.69, 9.17) is 26.5 Å². The van der Waals surface area contributed by atoms with Crippen molar-refractivity contribution in [2.75, 3.05) is 10.6 Å². The molecule has 0 spiro atoms. The number of nitriles is 2. The third-order valence-electron chi connectivity index (χ3n) is 2.58. The van der Waals surface area contributed by atoms with Gasteiger partial charge in [-0.05, 0) is 30.3 Å². The lowest BCUT2D eigenvalue weighted by Crippen LogP contribution is -2.11. The molecule has 0 saturated heterocycles. The molecule has 0 saturated carbocycles. The molecule has 1 amide bonds. The molecular formula is C15H9ClN4O2. The minimum absolute atomic E-state index is 0.0730. The average Bonchev–Trinajstić information content (AvgIpc) is 3.05. The maximum absolute atomic E-state index is 11.9. The van der Waals surface area contributed by atoms with Crippen LogP contribution in [-0.4, -0.2) is 5.91 Å². The van der Waals surface area contributed by atoms with Crippen LogP contribution in [0.4, 0.5) is 11.4 Å². The fourth-order valence-corrected chi connectivity index (χ4v) is 1.71. The first-order valence-corrected chi connectivity index (χ1v) is 6.43. The van der Waals surface area contributed by atoms with Crippen molar-refractivity contribution in [3.63, 3.8) is 0 Å². The number of benzene rings is 1. The Bertz CT molecular complexity index is 782. The van der Waals surface area contributed by atoms with Gasteiger partial charge in [-0.2, -0.15) is 10.5 Å². The third-order valence-corrected chi connectivity index (χ3v) is 2.91. The Morgan fingerprint density at radius 2 is 2.05 bits per heavy atom. The SMILES string of the molecule is N#CC(C#N)=CNc1ccc(Cl)c(NC(=O)c2ccco2)c1. The van der Waals surface area contributed by atoms with Crippen LogP contribution < -0.4 is 10.6 Å². The number of hydrogen-bond acceptors (Lipinski definition) is 5. The summed E-state index contributed by atoms with van der Waals surface area (Å²) in [6, 6.07) is 11.4. The van der Waals surface area contributed by atoms with Crippen LogP contribution in [0.25, 0.3) is 0 Å². The Hall–Kier alpha value is -3.22. The smallest absolute Gasteiger partial charge is 0.291 e. The van der Waals surface area contributed by atoms with E-state index in [2.05, 4.69) is 10.6 Å². The number of anilines is 2. The fraction of sp³-hybridized carbons (Fsp3) is 0. The molecule has 0 atom stereocenters. The summed E-state index contributed by atoms with van der Waals surface area (Å²) in [6.45, 7) is 0. The lowest BCUT2D eigenvalue weighted by atomic mass is 10.2. The molecule has 0 aliphatic carbocycles. The molecule has 2 aromatic rings. The van der Waals surface area contributed by atoms with Crippen molar-refractivity contribution in [1.82, 2.24) is 0 Å². The number of furan rings is 1. The molecule has 2 rings (SSSR count). The highest BCUT2D eigenvalue weighted by molar-refractivity contribution is 6.34. The van der Waals surface area contributed by atoms with Crippen LogP contribution >= 0.6 is 11.6 Å². The zero-order valence-corrected chi connectivity index (χ0v) is 11.9. The van der Waals surface area contributed by atoms with E-state index < -0.39 is 5.91 Å². The van der Waals surface area contributed by atoms with Crippen LogP contribution in [0.1, 0.15) is 10.6 Å². The summed E-state index contributed by atoms with van der Waals surface area (Å²) < 4.78 is 4.99. The summed E-state index contributed by atoms with van der Waals surface area (Å²) in [7, 11) is 0. The minimum Gasteiger partial charge on any atom is -0.459 e. The summed E-state index contributed by atoms with van der Waals surface area (Å²) in [5.41, 5.74) is 0.857. The number of nitrogens with zero attached hydrogens (tertiary/aromatic N) is 2. The molecule has 1 aromatic heterocycles. The maximum atomic E-state index is 11.9. The second-order valence-corrected chi connectivity index (χ2v) is 4.46. The summed E-state index contributed by atoms with van der Waals surface area (Å²) in [6.07, 6.45) is 2.66. The van der Waals surface area contributed by atoms with Crippen molar-refractivity contribution in [3.8, 4) is 12.1 Å². The molecule has 0 bridgehead atoms. The van der Waals surface area contributed by atoms with Crippen molar-refractivity contribution < 1.29 is 9.21 Å². The number of hydrogen-bond donors (Lipinski definition) is 2. The van der Waals surface area contributed by atoms with Crippen LogP contribution in [0.2, 0.25) is 5.02 Å². The van der Waals surface area contributed by atoms with Crippen LogP contribution in [0.5, 0.6) is 0 Å². The van der Waals surface area contributed by atoms with Gasteiger partial charge < -0.3 is 15.1 Å². The molecule has 22 heavy (non-hydrogen) atoms. The van der Waals surface area contributed by atoms with Gasteiger partial charge in [0.2, 0.25) is 0 Å². The molecule has 0 aliphatic heterocycles. The average molecular weight is 313 g/mol. The Morgan fingerprint density at radius 3 is 2.68 bits per heavy atom. The van der Waals surface area contributed by atoms with E-state index in [-0.39, 0.29) is 11.3 Å². The van der Waals surface area contributed by atoms with Gasteiger partial charge in [-0.3, -0.25) is 4.79 Å². The molecule has 0 fully saturated rings. The molecule has 1 heterocycles. The van der Waals surface area contributed by atoms with E-state index in [9.17, 15) is 4.79 Å². The molecule has 0 radical (unpaired) electrons. The Balaban J connectivity index is 2.17. The fourth-order valence-electron chi connectivity index (χ4n) is 1.55. The molecule has 108 valence electrons. The predicted octanol–water partition coefficient (Wildman–Crippen LogP) is 3.53. The first kappa shape index (κ1) is 15.2. The number of allylic oxidation sites excluding steroid dienone is 1. The summed E-state index contributed by atoms with van der Waals surface area (Å²) in [5.74, 6) is -0.278. The molecule has 0 unspecified atom stereocenters. The van der Waals surface area contributed by atoms with Gasteiger partial charge >= 0.3 is 0 Å². The number of amides is 1. The highest BCUT2D eigenvalue weighted by atomic mass is 35.5. The van der Waals surface area contributed by atoms with Crippen LogP contribution in [0.3, 0.4) is 0 Å². The molecule has 1 aromatic carbocycles. The van der Waals surface area contributed by atoms with Crippen LogP contribution in [0, 0.1) is 22.7 Å². The van der Waals surface area contributed by atoms with Gasteiger partial charge in [-0.1, -0.05) is 11.6 Å². The van der Waals surface area contributed by atoms with Gasteiger partial charge in [-0.15, -0.1) is 0 Å². The van der Waals surface area contributed by atoms with Gasteiger partial charge in [-0.25, -0.2) is 0 Å². The number of carbonyl (C=O) groups is 1. The molecule has 0 aliphatic rings. The van der Waals surface area contributed by atoms with E-state index in [1.54, 1.807) is 36.4 Å². The van der Waals surface area contributed by atoms with E-state index in [1.165, 1.54) is 18.5 Å². The van der Waals surface area contributed by atoms with Gasteiger partial charge in [0, 0.05) is 11.9 Å². The maximum Gasteiger partial charge on any atom is 0.291 e. The minimum atomic E-state index is -0.436. The zero-order valence-electron chi connectivity index (χ0n) is 11.1. The van der Waals surface area contributed by atoms with Crippen molar-refractivity contribution in [2.45, 2.75) is 0 Å². The molecule has 2 N–H and O–H groups in total. The van der Waals surface area contributed by atoms with Crippen molar-refractivity contribution in [3.05, 3.63) is 59.2 Å². The number of rotatable bonds is 4. The monoisotopic (exact) mass is 312 g/mol. The number of halogens is 1. The zero-order chi connectivity index (χ0) is 15.9. The summed E-state index contributed by atoms with van der Waals surface area (Å²) >= 11 is 6.03. The molecular weight excluding hydrogens is 304 g/mol. The topological polar surface area (TPSA) is 102 Å². The lowest BCUT2D eigenvalue weighted by Gasteiger charge is -2.08. The van der Waals surface area contributed by atoms with Crippen molar-refractivity contribution >= 4 is 28.9 Å². The summed E-state index contributed by atoms with van der Waals surface area (Å²) in [4.78, 5) is 11.9. The van der Waals surface area contributed by atoms with E-state index in [0.717, 1.165) is 0 Å². The second kappa shape index (κ2) is 6.98.